The lowest BCUT2D eigenvalue weighted by atomic mass is 9.83. The van der Waals surface area contributed by atoms with E-state index in [1.807, 2.05) is 25.1 Å². The number of aryl methyl sites for hydroxylation is 1. The molecule has 3 heteroatoms. The van der Waals surface area contributed by atoms with Gasteiger partial charge < -0.3 is 9.84 Å². The van der Waals surface area contributed by atoms with E-state index in [0.717, 1.165) is 33.2 Å². The summed E-state index contributed by atoms with van der Waals surface area (Å²) in [6.07, 6.45) is 0. The summed E-state index contributed by atoms with van der Waals surface area (Å²) in [5, 5.41) is 11.6. The lowest BCUT2D eigenvalue weighted by Gasteiger charge is -2.21. The summed E-state index contributed by atoms with van der Waals surface area (Å²) < 4.78 is 5.28. The highest BCUT2D eigenvalue weighted by atomic mass is 16.5. The van der Waals surface area contributed by atoms with Crippen LogP contribution in [0.5, 0.6) is 5.75 Å². The molecule has 0 amide bonds. The first kappa shape index (κ1) is 15.4. The smallest absolute Gasteiger partial charge is 0.310 e. The highest BCUT2D eigenvalue weighted by Crippen LogP contribution is 2.36. The second-order valence-corrected chi connectivity index (χ2v) is 5.81. The number of hydrogen-bond acceptors (Lipinski definition) is 2. The predicted octanol–water partition coefficient (Wildman–Crippen LogP) is 4.47. The second kappa shape index (κ2) is 5.76. The van der Waals surface area contributed by atoms with Crippen molar-refractivity contribution in [1.82, 2.24) is 0 Å². The Balaban J connectivity index is 2.80. The minimum atomic E-state index is -0.784. The fourth-order valence-electron chi connectivity index (χ4n) is 2.91. The molecule has 2 aromatic rings. The van der Waals surface area contributed by atoms with Crippen molar-refractivity contribution in [3.05, 3.63) is 41.0 Å². The SMILES string of the molecule is COc1ccc2c(C)c(C(C)C(=O)O)c(C(C)C)cc2c1. The van der Waals surface area contributed by atoms with E-state index in [4.69, 9.17) is 4.74 Å². The van der Waals surface area contributed by atoms with Gasteiger partial charge in [0.15, 0.2) is 0 Å². The van der Waals surface area contributed by atoms with E-state index in [-0.39, 0.29) is 5.92 Å². The van der Waals surface area contributed by atoms with Crippen LogP contribution in [0.1, 0.15) is 49.3 Å². The number of methoxy groups -OCH3 is 1. The highest BCUT2D eigenvalue weighted by molar-refractivity contribution is 5.91. The molecule has 3 nitrogen and oxygen atoms in total. The van der Waals surface area contributed by atoms with Gasteiger partial charge in [-0.15, -0.1) is 0 Å². The number of hydrogen-bond donors (Lipinski definition) is 1. The number of fused-ring (bicyclic) bond motifs is 1. The van der Waals surface area contributed by atoms with Crippen LogP contribution >= 0.6 is 0 Å². The number of rotatable bonds is 4. The van der Waals surface area contributed by atoms with E-state index < -0.39 is 11.9 Å². The molecule has 0 aliphatic rings. The first-order valence-electron chi connectivity index (χ1n) is 7.20. The zero-order valence-electron chi connectivity index (χ0n) is 13.2. The van der Waals surface area contributed by atoms with Crippen molar-refractivity contribution in [2.45, 2.75) is 39.5 Å². The Bertz CT molecular complexity index is 686. The lowest BCUT2D eigenvalue weighted by molar-refractivity contribution is -0.138. The molecule has 0 bridgehead atoms. The minimum absolute atomic E-state index is 0.274. The summed E-state index contributed by atoms with van der Waals surface area (Å²) in [4.78, 5) is 11.4. The lowest BCUT2D eigenvalue weighted by Crippen LogP contribution is -2.13. The number of carboxylic acid groups (broad SMARTS) is 1. The van der Waals surface area contributed by atoms with Crippen molar-refractivity contribution in [2.75, 3.05) is 7.11 Å². The fraction of sp³-hybridized carbons (Fsp3) is 0.389. The molecule has 0 aliphatic heterocycles. The molecule has 1 unspecified atom stereocenters. The normalized spacial score (nSPS) is 12.7. The van der Waals surface area contributed by atoms with E-state index in [9.17, 15) is 9.90 Å². The molecule has 0 heterocycles. The molecular formula is C18H22O3. The van der Waals surface area contributed by atoms with Gasteiger partial charge in [0.2, 0.25) is 0 Å². The summed E-state index contributed by atoms with van der Waals surface area (Å²) in [6, 6.07) is 8.03. The van der Waals surface area contributed by atoms with E-state index in [0.29, 0.717) is 0 Å². The van der Waals surface area contributed by atoms with Crippen molar-refractivity contribution < 1.29 is 14.6 Å². The van der Waals surface area contributed by atoms with Gasteiger partial charge in [0, 0.05) is 0 Å². The molecule has 2 aromatic carbocycles. The molecule has 1 N–H and O–H groups in total. The predicted molar refractivity (Wildman–Crippen MR) is 85.4 cm³/mol. The van der Waals surface area contributed by atoms with Gasteiger partial charge in [0.05, 0.1) is 13.0 Å². The van der Waals surface area contributed by atoms with Gasteiger partial charge in [-0.2, -0.15) is 0 Å². The first-order valence-corrected chi connectivity index (χ1v) is 7.20. The number of carbonyl (C=O) groups is 1. The Kier molecular flexibility index (Phi) is 4.21. The molecular weight excluding hydrogens is 264 g/mol. The van der Waals surface area contributed by atoms with Crippen LogP contribution in [0.15, 0.2) is 24.3 Å². The molecule has 0 aliphatic carbocycles. The van der Waals surface area contributed by atoms with Gasteiger partial charge in [-0.3, -0.25) is 4.79 Å². The Morgan fingerprint density at radius 2 is 1.86 bits per heavy atom. The monoisotopic (exact) mass is 286 g/mol. The average molecular weight is 286 g/mol. The van der Waals surface area contributed by atoms with Crippen molar-refractivity contribution in [3.63, 3.8) is 0 Å². The summed E-state index contributed by atoms with van der Waals surface area (Å²) in [5.41, 5.74) is 3.09. The zero-order chi connectivity index (χ0) is 15.7. The third kappa shape index (κ3) is 2.73. The summed E-state index contributed by atoms with van der Waals surface area (Å²) >= 11 is 0. The van der Waals surface area contributed by atoms with Crippen LogP contribution in [0.25, 0.3) is 10.8 Å². The largest absolute Gasteiger partial charge is 0.497 e. The molecule has 21 heavy (non-hydrogen) atoms. The number of benzene rings is 2. The fourth-order valence-corrected chi connectivity index (χ4v) is 2.91. The number of ether oxygens (including phenoxy) is 1. The maximum Gasteiger partial charge on any atom is 0.310 e. The molecule has 0 fully saturated rings. The summed E-state index contributed by atoms with van der Waals surface area (Å²) in [7, 11) is 1.65. The van der Waals surface area contributed by atoms with Gasteiger partial charge in [-0.1, -0.05) is 26.0 Å². The zero-order valence-corrected chi connectivity index (χ0v) is 13.2. The second-order valence-electron chi connectivity index (χ2n) is 5.81. The minimum Gasteiger partial charge on any atom is -0.497 e. The summed E-state index contributed by atoms with van der Waals surface area (Å²) in [5.74, 6) is -0.200. The topological polar surface area (TPSA) is 46.5 Å². The molecule has 1 atom stereocenters. The van der Waals surface area contributed by atoms with Gasteiger partial charge >= 0.3 is 5.97 Å². The van der Waals surface area contributed by atoms with Gasteiger partial charge in [-0.05, 0) is 59.4 Å². The van der Waals surface area contributed by atoms with Crippen LogP contribution < -0.4 is 4.74 Å². The van der Waals surface area contributed by atoms with Gasteiger partial charge in [-0.25, -0.2) is 0 Å². The highest BCUT2D eigenvalue weighted by Gasteiger charge is 2.22. The van der Waals surface area contributed by atoms with Gasteiger partial charge in [0.25, 0.3) is 0 Å². The molecule has 0 spiro atoms. The van der Waals surface area contributed by atoms with Crippen molar-refractivity contribution in [1.29, 1.82) is 0 Å². The number of aliphatic carboxylic acids is 1. The van der Waals surface area contributed by atoms with E-state index in [1.54, 1.807) is 14.0 Å². The van der Waals surface area contributed by atoms with Crippen LogP contribution in [0.4, 0.5) is 0 Å². The molecule has 112 valence electrons. The van der Waals surface area contributed by atoms with E-state index in [2.05, 4.69) is 19.9 Å². The van der Waals surface area contributed by atoms with Crippen molar-refractivity contribution in [2.24, 2.45) is 0 Å². The van der Waals surface area contributed by atoms with E-state index >= 15 is 0 Å². The Morgan fingerprint density at radius 1 is 1.19 bits per heavy atom. The Hall–Kier alpha value is -2.03. The standard InChI is InChI=1S/C18H22O3/c1-10(2)16-9-13-8-14(21-5)6-7-15(13)11(3)17(16)12(4)18(19)20/h6-10,12H,1-5H3,(H,19,20). The Morgan fingerprint density at radius 3 is 2.38 bits per heavy atom. The van der Waals surface area contributed by atoms with Crippen molar-refractivity contribution >= 4 is 16.7 Å². The van der Waals surface area contributed by atoms with Crippen LogP contribution in [-0.4, -0.2) is 18.2 Å². The quantitative estimate of drug-likeness (QED) is 0.902. The average Bonchev–Trinajstić information content (AvgIpc) is 2.45. The molecule has 0 radical (unpaired) electrons. The number of carboxylic acids is 1. The Labute approximate surface area is 125 Å². The van der Waals surface area contributed by atoms with Crippen LogP contribution in [-0.2, 0) is 4.79 Å². The van der Waals surface area contributed by atoms with Crippen LogP contribution in [0.3, 0.4) is 0 Å². The summed E-state index contributed by atoms with van der Waals surface area (Å²) in [6.45, 7) is 7.96. The van der Waals surface area contributed by atoms with Gasteiger partial charge in [0.1, 0.15) is 5.75 Å². The van der Waals surface area contributed by atoms with E-state index in [1.165, 1.54) is 0 Å². The maximum atomic E-state index is 11.4. The third-order valence-corrected chi connectivity index (χ3v) is 4.11. The van der Waals surface area contributed by atoms with Crippen LogP contribution in [0.2, 0.25) is 0 Å². The first-order chi connectivity index (χ1) is 9.86. The molecule has 2 rings (SSSR count). The van der Waals surface area contributed by atoms with Crippen molar-refractivity contribution in [3.8, 4) is 5.75 Å². The maximum absolute atomic E-state index is 11.4. The molecule has 0 saturated carbocycles. The molecule has 0 saturated heterocycles. The van der Waals surface area contributed by atoms with Crippen LogP contribution in [0, 0.1) is 6.92 Å². The third-order valence-electron chi connectivity index (χ3n) is 4.11. The molecule has 0 aromatic heterocycles.